The van der Waals surface area contributed by atoms with Crippen LogP contribution in [0.3, 0.4) is 0 Å². The number of halogens is 1. The first-order valence-corrected chi connectivity index (χ1v) is 6.57. The Hall–Kier alpha value is -2.07. The number of rotatable bonds is 2. The second-order valence-electron chi connectivity index (χ2n) is 4.86. The van der Waals surface area contributed by atoms with Gasteiger partial charge in [-0.05, 0) is 30.2 Å². The number of ether oxygens (including phenoxy) is 2. The van der Waals surface area contributed by atoms with Crippen molar-refractivity contribution in [3.8, 4) is 11.5 Å². The van der Waals surface area contributed by atoms with Crippen molar-refractivity contribution in [2.24, 2.45) is 5.73 Å². The molecule has 0 amide bonds. The van der Waals surface area contributed by atoms with Crippen molar-refractivity contribution in [3.05, 3.63) is 58.9 Å². The van der Waals surface area contributed by atoms with Crippen molar-refractivity contribution in [1.29, 1.82) is 0 Å². The van der Waals surface area contributed by atoms with Gasteiger partial charge in [-0.1, -0.05) is 24.3 Å². The normalized spacial score (nSPS) is 14.9. The van der Waals surface area contributed by atoms with Gasteiger partial charge in [-0.15, -0.1) is 0 Å². The average molecular weight is 273 g/mol. The minimum Gasteiger partial charge on any atom is -0.486 e. The predicted octanol–water partition coefficient (Wildman–Crippen LogP) is 2.95. The van der Waals surface area contributed by atoms with Crippen molar-refractivity contribution in [2.45, 2.75) is 13.0 Å². The minimum absolute atomic E-state index is 0.255. The third-order valence-corrected chi connectivity index (χ3v) is 3.48. The molecule has 1 heterocycles. The van der Waals surface area contributed by atoms with E-state index in [2.05, 4.69) is 0 Å². The van der Waals surface area contributed by atoms with Crippen LogP contribution in [0.1, 0.15) is 22.7 Å². The van der Waals surface area contributed by atoms with Gasteiger partial charge in [0.15, 0.2) is 11.5 Å². The first kappa shape index (κ1) is 12.9. The van der Waals surface area contributed by atoms with E-state index in [9.17, 15) is 4.39 Å². The van der Waals surface area contributed by atoms with Gasteiger partial charge in [-0.2, -0.15) is 0 Å². The molecule has 3 rings (SSSR count). The van der Waals surface area contributed by atoms with Gasteiger partial charge >= 0.3 is 0 Å². The summed E-state index contributed by atoms with van der Waals surface area (Å²) < 4.78 is 25.1. The highest BCUT2D eigenvalue weighted by Crippen LogP contribution is 2.34. The second-order valence-corrected chi connectivity index (χ2v) is 4.86. The minimum atomic E-state index is -0.522. The van der Waals surface area contributed by atoms with Crippen LogP contribution in [0.5, 0.6) is 11.5 Å². The maximum atomic E-state index is 14.1. The van der Waals surface area contributed by atoms with E-state index < -0.39 is 6.04 Å². The fraction of sp³-hybridized carbons (Fsp3) is 0.250. The number of nitrogens with two attached hydrogens (primary N) is 1. The average Bonchev–Trinajstić information content (AvgIpc) is 2.49. The van der Waals surface area contributed by atoms with Crippen LogP contribution < -0.4 is 15.2 Å². The highest BCUT2D eigenvalue weighted by atomic mass is 19.1. The third kappa shape index (κ3) is 2.23. The monoisotopic (exact) mass is 273 g/mol. The summed E-state index contributed by atoms with van der Waals surface area (Å²) in [6, 6.07) is 10.2. The highest BCUT2D eigenvalue weighted by Gasteiger charge is 2.18. The first-order valence-electron chi connectivity index (χ1n) is 6.57. The quantitative estimate of drug-likeness (QED) is 0.915. The summed E-state index contributed by atoms with van der Waals surface area (Å²) in [4.78, 5) is 0. The van der Waals surface area contributed by atoms with Crippen LogP contribution in [-0.4, -0.2) is 13.2 Å². The number of aryl methyl sites for hydroxylation is 1. The van der Waals surface area contributed by atoms with E-state index in [1.165, 1.54) is 0 Å². The first-order chi connectivity index (χ1) is 9.66. The summed E-state index contributed by atoms with van der Waals surface area (Å²) >= 11 is 0. The second kappa shape index (κ2) is 5.13. The van der Waals surface area contributed by atoms with E-state index in [0.717, 1.165) is 5.56 Å². The molecule has 1 aliphatic rings. The molecule has 1 unspecified atom stereocenters. The fourth-order valence-electron chi connectivity index (χ4n) is 2.34. The summed E-state index contributed by atoms with van der Waals surface area (Å²) in [5.74, 6) is 1.11. The zero-order valence-corrected chi connectivity index (χ0v) is 11.2. The molecule has 0 fully saturated rings. The van der Waals surface area contributed by atoms with Gasteiger partial charge in [0.2, 0.25) is 0 Å². The molecule has 0 aromatic heterocycles. The number of hydrogen-bond donors (Lipinski definition) is 1. The Bertz CT molecular complexity index is 642. The molecule has 20 heavy (non-hydrogen) atoms. The molecule has 0 bridgehead atoms. The van der Waals surface area contributed by atoms with Gasteiger partial charge in [0.25, 0.3) is 0 Å². The van der Waals surface area contributed by atoms with Crippen LogP contribution in [0.2, 0.25) is 0 Å². The lowest BCUT2D eigenvalue weighted by Gasteiger charge is -2.21. The lowest BCUT2D eigenvalue weighted by Crippen LogP contribution is -2.17. The fourth-order valence-corrected chi connectivity index (χ4v) is 2.34. The molecule has 0 saturated carbocycles. The van der Waals surface area contributed by atoms with Crippen molar-refractivity contribution >= 4 is 0 Å². The van der Waals surface area contributed by atoms with Crippen molar-refractivity contribution in [2.75, 3.05) is 13.2 Å². The molecule has 2 aromatic rings. The largest absolute Gasteiger partial charge is 0.486 e. The van der Waals surface area contributed by atoms with Gasteiger partial charge < -0.3 is 15.2 Å². The zero-order chi connectivity index (χ0) is 14.1. The third-order valence-electron chi connectivity index (χ3n) is 3.48. The van der Waals surface area contributed by atoms with Crippen molar-refractivity contribution in [3.63, 3.8) is 0 Å². The van der Waals surface area contributed by atoms with Crippen LogP contribution >= 0.6 is 0 Å². The summed E-state index contributed by atoms with van der Waals surface area (Å²) in [5, 5.41) is 0. The molecule has 0 saturated heterocycles. The predicted molar refractivity (Wildman–Crippen MR) is 74.6 cm³/mol. The summed E-state index contributed by atoms with van der Waals surface area (Å²) in [6.45, 7) is 2.80. The zero-order valence-electron chi connectivity index (χ0n) is 11.2. The number of benzene rings is 2. The summed E-state index contributed by atoms with van der Waals surface area (Å²) in [6.07, 6.45) is 0. The molecule has 0 radical (unpaired) electrons. The van der Waals surface area contributed by atoms with E-state index >= 15 is 0 Å². The van der Waals surface area contributed by atoms with E-state index in [-0.39, 0.29) is 5.82 Å². The topological polar surface area (TPSA) is 44.5 Å². The summed E-state index contributed by atoms with van der Waals surface area (Å²) in [7, 11) is 0. The van der Waals surface area contributed by atoms with Gasteiger partial charge in [-0.25, -0.2) is 4.39 Å². The molecule has 1 atom stereocenters. The van der Waals surface area contributed by atoms with Gasteiger partial charge in [-0.3, -0.25) is 0 Å². The van der Waals surface area contributed by atoms with Crippen molar-refractivity contribution in [1.82, 2.24) is 0 Å². The van der Waals surface area contributed by atoms with Gasteiger partial charge in [0, 0.05) is 5.56 Å². The molecule has 3 nitrogen and oxygen atoms in total. The molecule has 104 valence electrons. The Morgan fingerprint density at radius 3 is 2.65 bits per heavy atom. The van der Waals surface area contributed by atoms with Gasteiger partial charge in [0.1, 0.15) is 19.0 Å². The maximum absolute atomic E-state index is 14.1. The van der Waals surface area contributed by atoms with E-state index in [1.54, 1.807) is 19.1 Å². The van der Waals surface area contributed by atoms with Crippen LogP contribution in [0.4, 0.5) is 4.39 Å². The SMILES string of the molecule is Cc1cccc(C(N)c2ccc3c(c2)OCCO3)c1F. The molecule has 0 spiro atoms. The smallest absolute Gasteiger partial charge is 0.161 e. The molecule has 0 aliphatic carbocycles. The van der Waals surface area contributed by atoms with Gasteiger partial charge in [0.05, 0.1) is 6.04 Å². The van der Waals surface area contributed by atoms with E-state index in [1.807, 2.05) is 24.3 Å². The lowest BCUT2D eigenvalue weighted by atomic mass is 9.97. The Morgan fingerprint density at radius 2 is 1.85 bits per heavy atom. The van der Waals surface area contributed by atoms with Crippen LogP contribution in [0.25, 0.3) is 0 Å². The molecule has 2 aromatic carbocycles. The standard InChI is InChI=1S/C16H16FNO2/c1-10-3-2-4-12(15(10)17)16(18)11-5-6-13-14(9-11)20-8-7-19-13/h2-6,9,16H,7-8,18H2,1H3. The Kier molecular flexibility index (Phi) is 3.32. The van der Waals surface area contributed by atoms with E-state index in [4.69, 9.17) is 15.2 Å². The molecule has 2 N–H and O–H groups in total. The summed E-state index contributed by atoms with van der Waals surface area (Å²) in [5.41, 5.74) is 8.07. The Labute approximate surface area is 117 Å². The van der Waals surface area contributed by atoms with Crippen LogP contribution in [0.15, 0.2) is 36.4 Å². The molecule has 1 aliphatic heterocycles. The molecular weight excluding hydrogens is 257 g/mol. The molecule has 4 heteroatoms. The molecular formula is C16H16FNO2. The van der Waals surface area contributed by atoms with Crippen LogP contribution in [-0.2, 0) is 0 Å². The van der Waals surface area contributed by atoms with Crippen LogP contribution in [0, 0.1) is 12.7 Å². The highest BCUT2D eigenvalue weighted by molar-refractivity contribution is 5.46. The number of hydrogen-bond acceptors (Lipinski definition) is 3. The maximum Gasteiger partial charge on any atom is 0.161 e. The lowest BCUT2D eigenvalue weighted by molar-refractivity contribution is 0.171. The van der Waals surface area contributed by atoms with Crippen molar-refractivity contribution < 1.29 is 13.9 Å². The Balaban J connectivity index is 1.98. The van der Waals surface area contributed by atoms with E-state index in [0.29, 0.717) is 35.8 Å². The number of fused-ring (bicyclic) bond motifs is 1. The Morgan fingerprint density at radius 1 is 1.10 bits per heavy atom.